The monoisotopic (exact) mass is 280 g/mol. The van der Waals surface area contributed by atoms with Crippen LogP contribution in [0.5, 0.6) is 0 Å². The maximum Gasteiger partial charge on any atom is 0.170 e. The van der Waals surface area contributed by atoms with Crippen LogP contribution in [0.1, 0.15) is 38.5 Å². The summed E-state index contributed by atoms with van der Waals surface area (Å²) in [4.78, 5) is 0. The Kier molecular flexibility index (Phi) is 3.01. The number of hydrogen-bond donors (Lipinski definition) is 1. The summed E-state index contributed by atoms with van der Waals surface area (Å²) in [5.74, 6) is -0.213. The summed E-state index contributed by atoms with van der Waals surface area (Å²) < 4.78 is 18.0. The minimum absolute atomic E-state index is 0.0740. The third-order valence-corrected chi connectivity index (χ3v) is 5.73. The molecule has 0 aromatic heterocycles. The van der Waals surface area contributed by atoms with Crippen LogP contribution >= 0.6 is 0 Å². The molecule has 0 aromatic carbocycles. The van der Waals surface area contributed by atoms with Crippen LogP contribution in [0.15, 0.2) is 12.7 Å². The van der Waals surface area contributed by atoms with Gasteiger partial charge in [0.1, 0.15) is 0 Å². The smallest absolute Gasteiger partial charge is 0.170 e. The van der Waals surface area contributed by atoms with E-state index < -0.39 is 0 Å². The fourth-order valence-corrected chi connectivity index (χ4v) is 4.21. The summed E-state index contributed by atoms with van der Waals surface area (Å²) in [6.45, 7) is 5.36. The van der Waals surface area contributed by atoms with Crippen LogP contribution in [0.2, 0.25) is 0 Å². The molecule has 0 bridgehead atoms. The Labute approximate surface area is 120 Å². The second-order valence-electron chi connectivity index (χ2n) is 7.15. The van der Waals surface area contributed by atoms with Gasteiger partial charge in [-0.15, -0.1) is 6.58 Å². The normalized spacial score (nSPS) is 54.6. The molecule has 2 spiro atoms. The zero-order valence-corrected chi connectivity index (χ0v) is 11.9. The molecule has 4 atom stereocenters. The van der Waals surface area contributed by atoms with Crippen molar-refractivity contribution in [2.75, 3.05) is 13.2 Å². The van der Waals surface area contributed by atoms with E-state index in [0.717, 1.165) is 51.7 Å². The Morgan fingerprint density at radius 1 is 1.05 bits per heavy atom. The van der Waals surface area contributed by atoms with E-state index in [1.165, 1.54) is 0 Å². The number of epoxide rings is 1. The van der Waals surface area contributed by atoms with Crippen LogP contribution < -0.4 is 0 Å². The molecule has 4 unspecified atom stereocenters. The number of fused-ring (bicyclic) bond motifs is 1. The van der Waals surface area contributed by atoms with Gasteiger partial charge in [0.15, 0.2) is 5.79 Å². The van der Waals surface area contributed by atoms with Crippen molar-refractivity contribution in [2.24, 2.45) is 11.3 Å². The summed E-state index contributed by atoms with van der Waals surface area (Å²) in [6.07, 6.45) is 8.12. The Morgan fingerprint density at radius 2 is 1.85 bits per heavy atom. The van der Waals surface area contributed by atoms with Gasteiger partial charge in [-0.05, 0) is 25.7 Å². The number of aliphatic hydroxyl groups is 1. The van der Waals surface area contributed by atoms with Gasteiger partial charge in [0.2, 0.25) is 0 Å². The predicted molar refractivity (Wildman–Crippen MR) is 73.1 cm³/mol. The summed E-state index contributed by atoms with van der Waals surface area (Å²) in [7, 11) is 0. The van der Waals surface area contributed by atoms with Crippen LogP contribution in [-0.4, -0.2) is 42.4 Å². The van der Waals surface area contributed by atoms with Gasteiger partial charge < -0.3 is 19.3 Å². The van der Waals surface area contributed by atoms with Gasteiger partial charge in [-0.25, -0.2) is 0 Å². The van der Waals surface area contributed by atoms with Crippen molar-refractivity contribution in [2.45, 2.75) is 62.6 Å². The minimum atomic E-state index is -0.386. The fourth-order valence-electron chi connectivity index (χ4n) is 4.21. The highest BCUT2D eigenvalue weighted by Crippen LogP contribution is 2.50. The average molecular weight is 280 g/mol. The molecule has 0 aromatic rings. The largest absolute Gasteiger partial charge is 0.393 e. The third kappa shape index (κ3) is 2.13. The number of rotatable bonds is 1. The molecule has 2 heterocycles. The van der Waals surface area contributed by atoms with Crippen LogP contribution in [0.3, 0.4) is 0 Å². The van der Waals surface area contributed by atoms with Gasteiger partial charge in [-0.2, -0.15) is 0 Å². The average Bonchev–Trinajstić information content (AvgIpc) is 3.23. The first-order chi connectivity index (χ1) is 9.64. The lowest BCUT2D eigenvalue weighted by molar-refractivity contribution is -0.319. The molecular weight excluding hydrogens is 256 g/mol. The molecule has 4 rings (SSSR count). The molecule has 2 saturated carbocycles. The van der Waals surface area contributed by atoms with E-state index in [1.807, 2.05) is 6.08 Å². The first-order valence-electron chi connectivity index (χ1n) is 7.88. The topological polar surface area (TPSA) is 51.2 Å². The molecule has 112 valence electrons. The molecule has 0 radical (unpaired) electrons. The zero-order valence-electron chi connectivity index (χ0n) is 11.9. The molecule has 2 saturated heterocycles. The molecule has 4 nitrogen and oxygen atoms in total. The fraction of sp³-hybridized carbons (Fsp3) is 0.875. The van der Waals surface area contributed by atoms with Crippen LogP contribution in [0.25, 0.3) is 0 Å². The molecule has 1 N–H and O–H groups in total. The standard InChI is InChI=1S/C16H24O4/c1-2-11-7-15(5-3-12(11)17)9-18-16(19-10-15)6-4-13-14(8-16)20-13/h2,11-14,17H,1,3-10H2. The summed E-state index contributed by atoms with van der Waals surface area (Å²) in [6, 6.07) is 0. The third-order valence-electron chi connectivity index (χ3n) is 5.73. The molecular formula is C16H24O4. The van der Waals surface area contributed by atoms with Gasteiger partial charge in [0.25, 0.3) is 0 Å². The van der Waals surface area contributed by atoms with Crippen LogP contribution in [0, 0.1) is 11.3 Å². The van der Waals surface area contributed by atoms with E-state index in [-0.39, 0.29) is 23.2 Å². The quantitative estimate of drug-likeness (QED) is 0.590. The second kappa shape index (κ2) is 4.54. The van der Waals surface area contributed by atoms with E-state index in [9.17, 15) is 5.11 Å². The summed E-state index contributed by atoms with van der Waals surface area (Å²) >= 11 is 0. The first kappa shape index (κ1) is 13.3. The molecule has 0 amide bonds. The van der Waals surface area contributed by atoms with Crippen molar-refractivity contribution in [3.63, 3.8) is 0 Å². The second-order valence-corrected chi connectivity index (χ2v) is 7.15. The van der Waals surface area contributed by atoms with Gasteiger partial charge in [-0.3, -0.25) is 0 Å². The Morgan fingerprint density at radius 3 is 2.55 bits per heavy atom. The van der Waals surface area contributed by atoms with Crippen LogP contribution in [-0.2, 0) is 14.2 Å². The maximum absolute atomic E-state index is 10.00. The lowest BCUT2D eigenvalue weighted by Gasteiger charge is -2.50. The summed E-state index contributed by atoms with van der Waals surface area (Å²) in [5, 5.41) is 10.00. The highest BCUT2D eigenvalue weighted by atomic mass is 16.7. The molecule has 4 fully saturated rings. The Bertz CT molecular complexity index is 399. The van der Waals surface area contributed by atoms with E-state index in [2.05, 4.69) is 6.58 Å². The molecule has 2 aliphatic carbocycles. The van der Waals surface area contributed by atoms with E-state index in [1.54, 1.807) is 0 Å². The van der Waals surface area contributed by atoms with Gasteiger partial charge in [0.05, 0.1) is 31.5 Å². The van der Waals surface area contributed by atoms with Crippen molar-refractivity contribution in [1.82, 2.24) is 0 Å². The lowest BCUT2D eigenvalue weighted by Crippen LogP contribution is -2.54. The van der Waals surface area contributed by atoms with Gasteiger partial charge >= 0.3 is 0 Å². The highest BCUT2D eigenvalue weighted by molar-refractivity contribution is 5.02. The van der Waals surface area contributed by atoms with E-state index in [4.69, 9.17) is 14.2 Å². The SMILES string of the molecule is C=CC1CC2(CCC1O)COC1(CCC3OC3C1)OC2. The van der Waals surface area contributed by atoms with E-state index >= 15 is 0 Å². The molecule has 4 heteroatoms. The molecule has 2 aliphatic heterocycles. The summed E-state index contributed by atoms with van der Waals surface area (Å²) in [5.41, 5.74) is 0.0740. The Balaban J connectivity index is 1.42. The van der Waals surface area contributed by atoms with Crippen molar-refractivity contribution in [3.05, 3.63) is 12.7 Å². The van der Waals surface area contributed by atoms with Crippen molar-refractivity contribution < 1.29 is 19.3 Å². The molecule has 4 aliphatic rings. The van der Waals surface area contributed by atoms with Crippen molar-refractivity contribution in [3.8, 4) is 0 Å². The zero-order chi connectivity index (χ0) is 13.8. The number of aliphatic hydroxyl groups excluding tert-OH is 1. The first-order valence-corrected chi connectivity index (χ1v) is 7.88. The van der Waals surface area contributed by atoms with Crippen LogP contribution in [0.4, 0.5) is 0 Å². The number of hydrogen-bond acceptors (Lipinski definition) is 4. The highest BCUT2D eigenvalue weighted by Gasteiger charge is 2.55. The van der Waals surface area contributed by atoms with Gasteiger partial charge in [-0.1, -0.05) is 6.08 Å². The number of ether oxygens (including phenoxy) is 3. The van der Waals surface area contributed by atoms with Gasteiger partial charge in [0, 0.05) is 24.2 Å². The molecule has 20 heavy (non-hydrogen) atoms. The van der Waals surface area contributed by atoms with E-state index in [0.29, 0.717) is 12.2 Å². The van der Waals surface area contributed by atoms with Crippen molar-refractivity contribution in [1.29, 1.82) is 0 Å². The maximum atomic E-state index is 10.00. The Hall–Kier alpha value is -0.420. The minimum Gasteiger partial charge on any atom is -0.393 e. The van der Waals surface area contributed by atoms with Crippen molar-refractivity contribution >= 4 is 0 Å². The predicted octanol–water partition coefficient (Wildman–Crippen LogP) is 2.01. The lowest BCUT2D eigenvalue weighted by atomic mass is 9.68.